The summed E-state index contributed by atoms with van der Waals surface area (Å²) in [6, 6.07) is 5.63. The first-order valence-electron chi connectivity index (χ1n) is 5.09. The van der Waals surface area contributed by atoms with Gasteiger partial charge in [-0.2, -0.15) is 0 Å². The molecule has 1 heterocycles. The predicted octanol–water partition coefficient (Wildman–Crippen LogP) is 2.41. The fourth-order valence-electron chi connectivity index (χ4n) is 1.98. The first-order chi connectivity index (χ1) is 7.56. The lowest BCUT2D eigenvalue weighted by Gasteiger charge is -2.28. The van der Waals surface area contributed by atoms with Crippen LogP contribution in [0, 0.1) is 0 Å². The highest BCUT2D eigenvalue weighted by Crippen LogP contribution is 2.34. The second kappa shape index (κ2) is 4.18. The minimum atomic E-state index is -0.303. The fourth-order valence-corrected chi connectivity index (χ4v) is 2.15. The number of benzene rings is 1. The summed E-state index contributed by atoms with van der Waals surface area (Å²) in [6.45, 7) is 4.00. The Bertz CT molecular complexity index is 456. The number of nitrogens with one attached hydrogen (secondary N) is 1. The average molecular weight is 237 g/mol. The van der Waals surface area contributed by atoms with Crippen LogP contribution in [0.5, 0.6) is 0 Å². The van der Waals surface area contributed by atoms with Crippen LogP contribution in [0.25, 0.3) is 5.57 Å². The number of amides is 1. The maximum Gasteiger partial charge on any atom is 0.219 e. The predicted molar refractivity (Wildman–Crippen MR) is 66.3 cm³/mol. The van der Waals surface area contributed by atoms with E-state index in [4.69, 9.17) is 17.3 Å². The van der Waals surface area contributed by atoms with Crippen LogP contribution in [-0.2, 0) is 4.79 Å². The van der Waals surface area contributed by atoms with Gasteiger partial charge in [0.15, 0.2) is 0 Å². The molecular formula is C12H13ClN2O. The SMILES string of the molecule is C=C1C[C@H](CC(N)=O)Nc2ccc(Cl)cc21. The molecule has 1 aliphatic rings. The molecule has 16 heavy (non-hydrogen) atoms. The largest absolute Gasteiger partial charge is 0.381 e. The van der Waals surface area contributed by atoms with Crippen molar-refractivity contribution in [1.29, 1.82) is 0 Å². The fraction of sp³-hybridized carbons (Fsp3) is 0.250. The van der Waals surface area contributed by atoms with Crippen LogP contribution >= 0.6 is 11.6 Å². The summed E-state index contributed by atoms with van der Waals surface area (Å²) in [5.41, 5.74) is 8.16. The molecule has 1 atom stereocenters. The van der Waals surface area contributed by atoms with Crippen molar-refractivity contribution in [2.45, 2.75) is 18.9 Å². The molecule has 0 fully saturated rings. The summed E-state index contributed by atoms with van der Waals surface area (Å²) in [5.74, 6) is -0.303. The molecule has 0 spiro atoms. The van der Waals surface area contributed by atoms with E-state index in [1.165, 1.54) is 0 Å². The zero-order chi connectivity index (χ0) is 11.7. The molecule has 84 valence electrons. The number of carbonyl (C=O) groups is 1. The van der Waals surface area contributed by atoms with Crippen molar-refractivity contribution in [2.75, 3.05) is 5.32 Å². The Hall–Kier alpha value is -1.48. The van der Waals surface area contributed by atoms with Gasteiger partial charge in [0.05, 0.1) is 0 Å². The normalized spacial score (nSPS) is 18.8. The van der Waals surface area contributed by atoms with Gasteiger partial charge in [0.2, 0.25) is 5.91 Å². The first-order valence-corrected chi connectivity index (χ1v) is 5.46. The molecular weight excluding hydrogens is 224 g/mol. The Kier molecular flexibility index (Phi) is 2.88. The number of hydrogen-bond acceptors (Lipinski definition) is 2. The van der Waals surface area contributed by atoms with Gasteiger partial charge >= 0.3 is 0 Å². The molecule has 3 N–H and O–H groups in total. The van der Waals surface area contributed by atoms with Crippen LogP contribution in [-0.4, -0.2) is 11.9 Å². The van der Waals surface area contributed by atoms with Crippen molar-refractivity contribution >= 4 is 28.8 Å². The second-order valence-electron chi connectivity index (χ2n) is 4.01. The molecule has 0 saturated carbocycles. The Balaban J connectivity index is 2.26. The third-order valence-corrected chi connectivity index (χ3v) is 2.90. The monoisotopic (exact) mass is 236 g/mol. The maximum absolute atomic E-state index is 10.9. The topological polar surface area (TPSA) is 55.1 Å². The van der Waals surface area contributed by atoms with Gasteiger partial charge < -0.3 is 11.1 Å². The molecule has 0 bridgehead atoms. The van der Waals surface area contributed by atoms with Gasteiger partial charge in [-0.1, -0.05) is 18.2 Å². The molecule has 0 aliphatic carbocycles. The Morgan fingerprint density at radius 3 is 3.06 bits per heavy atom. The Morgan fingerprint density at radius 2 is 2.38 bits per heavy atom. The average Bonchev–Trinajstić information content (AvgIpc) is 2.18. The number of primary amides is 1. The lowest BCUT2D eigenvalue weighted by Crippen LogP contribution is -2.29. The van der Waals surface area contributed by atoms with E-state index in [0.29, 0.717) is 11.4 Å². The van der Waals surface area contributed by atoms with Gasteiger partial charge in [-0.15, -0.1) is 0 Å². The second-order valence-corrected chi connectivity index (χ2v) is 4.45. The lowest BCUT2D eigenvalue weighted by molar-refractivity contribution is -0.118. The summed E-state index contributed by atoms with van der Waals surface area (Å²) in [6.07, 6.45) is 1.04. The zero-order valence-electron chi connectivity index (χ0n) is 8.79. The van der Waals surface area contributed by atoms with Crippen molar-refractivity contribution in [3.8, 4) is 0 Å². The third-order valence-electron chi connectivity index (χ3n) is 2.66. The van der Waals surface area contributed by atoms with Gasteiger partial charge in [-0.05, 0) is 30.2 Å². The highest BCUT2D eigenvalue weighted by Gasteiger charge is 2.21. The summed E-state index contributed by atoms with van der Waals surface area (Å²) in [7, 11) is 0. The number of hydrogen-bond donors (Lipinski definition) is 2. The molecule has 2 rings (SSSR count). The quantitative estimate of drug-likeness (QED) is 0.829. The molecule has 0 radical (unpaired) electrons. The van der Waals surface area contributed by atoms with Crippen molar-refractivity contribution < 1.29 is 4.79 Å². The van der Waals surface area contributed by atoms with E-state index in [2.05, 4.69) is 11.9 Å². The van der Waals surface area contributed by atoms with E-state index in [-0.39, 0.29) is 11.9 Å². The van der Waals surface area contributed by atoms with Crippen LogP contribution < -0.4 is 11.1 Å². The van der Waals surface area contributed by atoms with E-state index in [1.807, 2.05) is 18.2 Å². The van der Waals surface area contributed by atoms with Crippen LogP contribution in [0.2, 0.25) is 5.02 Å². The Labute approximate surface area is 99.3 Å². The number of rotatable bonds is 2. The lowest BCUT2D eigenvalue weighted by atomic mass is 9.92. The number of halogens is 1. The smallest absolute Gasteiger partial charge is 0.219 e. The molecule has 0 saturated heterocycles. The van der Waals surface area contributed by atoms with Gasteiger partial charge in [0.1, 0.15) is 0 Å². The molecule has 1 aromatic carbocycles. The summed E-state index contributed by atoms with van der Waals surface area (Å²) >= 11 is 5.92. The molecule has 3 nitrogen and oxygen atoms in total. The van der Waals surface area contributed by atoms with Crippen LogP contribution in [0.15, 0.2) is 24.8 Å². The standard InChI is InChI=1S/C12H13ClN2O/c1-7-4-9(6-12(14)16)15-11-3-2-8(13)5-10(7)11/h2-3,5,9,15H,1,4,6H2,(H2,14,16)/t9-/m1/s1. The minimum Gasteiger partial charge on any atom is -0.381 e. The van der Waals surface area contributed by atoms with Gasteiger partial charge in [0.25, 0.3) is 0 Å². The van der Waals surface area contributed by atoms with E-state index in [0.717, 1.165) is 23.2 Å². The van der Waals surface area contributed by atoms with Crippen molar-refractivity contribution in [3.05, 3.63) is 35.4 Å². The zero-order valence-corrected chi connectivity index (χ0v) is 9.55. The van der Waals surface area contributed by atoms with Crippen LogP contribution in [0.1, 0.15) is 18.4 Å². The number of nitrogens with two attached hydrogens (primary N) is 1. The highest BCUT2D eigenvalue weighted by molar-refractivity contribution is 6.30. The van der Waals surface area contributed by atoms with E-state index in [1.54, 1.807) is 0 Å². The van der Waals surface area contributed by atoms with Crippen molar-refractivity contribution in [1.82, 2.24) is 0 Å². The molecule has 0 aromatic heterocycles. The number of fused-ring (bicyclic) bond motifs is 1. The maximum atomic E-state index is 10.9. The van der Waals surface area contributed by atoms with Crippen molar-refractivity contribution in [2.24, 2.45) is 5.73 Å². The summed E-state index contributed by atoms with van der Waals surface area (Å²) in [5, 5.41) is 3.96. The third kappa shape index (κ3) is 2.19. The van der Waals surface area contributed by atoms with Gasteiger partial charge in [-0.3, -0.25) is 4.79 Å². The van der Waals surface area contributed by atoms with Crippen LogP contribution in [0.3, 0.4) is 0 Å². The highest BCUT2D eigenvalue weighted by atomic mass is 35.5. The first kappa shape index (κ1) is 11.0. The molecule has 1 aliphatic heterocycles. The Morgan fingerprint density at radius 1 is 1.62 bits per heavy atom. The van der Waals surface area contributed by atoms with Crippen LogP contribution in [0.4, 0.5) is 5.69 Å². The molecule has 1 amide bonds. The van der Waals surface area contributed by atoms with Gasteiger partial charge in [-0.25, -0.2) is 0 Å². The molecule has 0 unspecified atom stereocenters. The molecule has 1 aromatic rings. The number of carbonyl (C=O) groups excluding carboxylic acids is 1. The summed E-state index contributed by atoms with van der Waals surface area (Å²) < 4.78 is 0. The number of anilines is 1. The minimum absolute atomic E-state index is 0.0404. The van der Waals surface area contributed by atoms with Crippen molar-refractivity contribution in [3.63, 3.8) is 0 Å². The summed E-state index contributed by atoms with van der Waals surface area (Å²) in [4.78, 5) is 10.9. The van der Waals surface area contributed by atoms with E-state index >= 15 is 0 Å². The van der Waals surface area contributed by atoms with Gasteiger partial charge in [0, 0.05) is 28.7 Å². The molecule has 4 heteroatoms. The van der Waals surface area contributed by atoms with E-state index in [9.17, 15) is 4.79 Å². The van der Waals surface area contributed by atoms with E-state index < -0.39 is 0 Å².